The van der Waals surface area contributed by atoms with Crippen molar-refractivity contribution in [3.8, 4) is 0 Å². The zero-order valence-corrected chi connectivity index (χ0v) is 16.9. The maximum absolute atomic E-state index is 12.2. The molecular weight excluding hydrogens is 420 g/mol. The molecule has 2 N–H and O–H groups in total. The van der Waals surface area contributed by atoms with Crippen LogP contribution >= 0.6 is 15.9 Å². The summed E-state index contributed by atoms with van der Waals surface area (Å²) in [4.78, 5) is 24.1. The van der Waals surface area contributed by atoms with Gasteiger partial charge in [0, 0.05) is 23.5 Å². The lowest BCUT2D eigenvalue weighted by atomic mass is 10.1. The molecule has 28 heavy (non-hydrogen) atoms. The number of nitrogens with zero attached hydrogens (tertiary/aromatic N) is 2. The minimum absolute atomic E-state index is 0.0984. The molecule has 2 amide bonds. The van der Waals surface area contributed by atoms with Crippen molar-refractivity contribution in [1.29, 1.82) is 0 Å². The minimum Gasteiger partial charge on any atom is -0.355 e. The molecule has 0 saturated carbocycles. The van der Waals surface area contributed by atoms with Crippen molar-refractivity contribution < 1.29 is 9.59 Å². The lowest BCUT2D eigenvalue weighted by Crippen LogP contribution is -2.29. The second-order valence-electron chi connectivity index (χ2n) is 6.31. The Labute approximate surface area is 172 Å². The van der Waals surface area contributed by atoms with E-state index < -0.39 is 0 Å². The van der Waals surface area contributed by atoms with Crippen molar-refractivity contribution in [3.63, 3.8) is 0 Å². The number of anilines is 1. The number of hydrogen-bond acceptors (Lipinski definition) is 3. The van der Waals surface area contributed by atoms with E-state index in [1.165, 1.54) is 0 Å². The average molecular weight is 441 g/mol. The van der Waals surface area contributed by atoms with Crippen LogP contribution in [0.25, 0.3) is 0 Å². The van der Waals surface area contributed by atoms with Crippen LogP contribution in [0, 0.1) is 0 Å². The highest BCUT2D eigenvalue weighted by molar-refractivity contribution is 9.10. The van der Waals surface area contributed by atoms with Crippen LogP contribution in [-0.2, 0) is 22.6 Å². The van der Waals surface area contributed by atoms with Crippen molar-refractivity contribution in [2.75, 3.05) is 11.9 Å². The Morgan fingerprint density at radius 2 is 1.75 bits per heavy atom. The molecule has 3 rings (SSSR count). The van der Waals surface area contributed by atoms with Gasteiger partial charge in [0.1, 0.15) is 5.82 Å². The van der Waals surface area contributed by atoms with Crippen LogP contribution in [-0.4, -0.2) is 28.1 Å². The van der Waals surface area contributed by atoms with Gasteiger partial charge >= 0.3 is 0 Å². The minimum atomic E-state index is -0.170. The van der Waals surface area contributed by atoms with E-state index in [0.29, 0.717) is 18.8 Å². The Balaban J connectivity index is 1.45. The topological polar surface area (TPSA) is 76.0 Å². The van der Waals surface area contributed by atoms with Crippen molar-refractivity contribution in [1.82, 2.24) is 15.1 Å². The van der Waals surface area contributed by atoms with Gasteiger partial charge in [-0.1, -0.05) is 58.4 Å². The largest absolute Gasteiger partial charge is 0.355 e. The zero-order chi connectivity index (χ0) is 19.8. The first-order chi connectivity index (χ1) is 13.6. The zero-order valence-electron chi connectivity index (χ0n) is 15.3. The van der Waals surface area contributed by atoms with E-state index in [9.17, 15) is 9.59 Å². The van der Waals surface area contributed by atoms with Crippen LogP contribution in [0.4, 0.5) is 5.82 Å². The summed E-state index contributed by atoms with van der Waals surface area (Å²) >= 11 is 3.45. The Bertz CT molecular complexity index is 940. The summed E-state index contributed by atoms with van der Waals surface area (Å²) in [7, 11) is 0. The third-order valence-electron chi connectivity index (χ3n) is 4.09. The second kappa shape index (κ2) is 9.85. The standard InChI is InChI=1S/C21H21BrN4O2/c22-18-8-4-7-17(13-18)15-26-19(9-12-24-26)25-20(27)10-11-23-21(28)14-16-5-2-1-3-6-16/h1-9,12-13H,10-11,14-15H2,(H,23,28)(H,25,27). The number of halogens is 1. The first-order valence-corrected chi connectivity index (χ1v) is 9.76. The number of aromatic nitrogens is 2. The molecule has 1 aromatic heterocycles. The van der Waals surface area contributed by atoms with E-state index in [1.54, 1.807) is 16.9 Å². The highest BCUT2D eigenvalue weighted by Crippen LogP contribution is 2.15. The Morgan fingerprint density at radius 1 is 0.964 bits per heavy atom. The fraction of sp³-hybridized carbons (Fsp3) is 0.190. The molecule has 0 spiro atoms. The Hall–Kier alpha value is -2.93. The van der Waals surface area contributed by atoms with Gasteiger partial charge in [-0.2, -0.15) is 5.10 Å². The van der Waals surface area contributed by atoms with E-state index in [4.69, 9.17) is 0 Å². The summed E-state index contributed by atoms with van der Waals surface area (Å²) in [6.45, 7) is 0.840. The van der Waals surface area contributed by atoms with Gasteiger partial charge in [-0.05, 0) is 23.3 Å². The molecule has 0 unspecified atom stereocenters. The monoisotopic (exact) mass is 440 g/mol. The summed E-state index contributed by atoms with van der Waals surface area (Å²) in [6, 6.07) is 19.2. The van der Waals surface area contributed by atoms with Gasteiger partial charge in [0.25, 0.3) is 0 Å². The quantitative estimate of drug-likeness (QED) is 0.563. The molecule has 3 aromatic rings. The van der Waals surface area contributed by atoms with Crippen molar-refractivity contribution in [3.05, 3.63) is 82.5 Å². The molecule has 0 radical (unpaired) electrons. The lowest BCUT2D eigenvalue weighted by Gasteiger charge is -2.10. The third kappa shape index (κ3) is 6.06. The van der Waals surface area contributed by atoms with Gasteiger partial charge in [0.15, 0.2) is 0 Å². The summed E-state index contributed by atoms with van der Waals surface area (Å²) < 4.78 is 2.72. The molecule has 0 aliphatic rings. The number of hydrogen-bond donors (Lipinski definition) is 2. The van der Waals surface area contributed by atoms with Crippen molar-refractivity contribution in [2.24, 2.45) is 0 Å². The molecule has 7 heteroatoms. The summed E-state index contributed by atoms with van der Waals surface area (Å²) in [5.41, 5.74) is 2.02. The molecule has 0 aliphatic carbocycles. The summed E-state index contributed by atoms with van der Waals surface area (Å²) in [6.07, 6.45) is 2.15. The first-order valence-electron chi connectivity index (χ1n) is 8.97. The van der Waals surface area contributed by atoms with Crippen LogP contribution in [0.15, 0.2) is 71.3 Å². The molecule has 6 nitrogen and oxygen atoms in total. The fourth-order valence-corrected chi connectivity index (χ4v) is 3.18. The van der Waals surface area contributed by atoms with Gasteiger partial charge < -0.3 is 10.6 Å². The maximum atomic E-state index is 12.2. The van der Waals surface area contributed by atoms with E-state index in [-0.39, 0.29) is 24.8 Å². The summed E-state index contributed by atoms with van der Waals surface area (Å²) in [5.74, 6) is 0.357. The molecule has 0 aliphatic heterocycles. The van der Waals surface area contributed by atoms with Crippen LogP contribution < -0.4 is 10.6 Å². The van der Waals surface area contributed by atoms with Crippen LogP contribution in [0.3, 0.4) is 0 Å². The Kier molecular flexibility index (Phi) is 6.97. The third-order valence-corrected chi connectivity index (χ3v) is 4.58. The predicted octanol–water partition coefficient (Wildman–Crippen LogP) is 3.38. The van der Waals surface area contributed by atoms with Crippen LogP contribution in [0.2, 0.25) is 0 Å². The van der Waals surface area contributed by atoms with E-state index in [0.717, 1.165) is 15.6 Å². The summed E-state index contributed by atoms with van der Waals surface area (Å²) in [5, 5.41) is 9.89. The SMILES string of the molecule is O=C(Cc1ccccc1)NCCC(=O)Nc1ccnn1Cc1cccc(Br)c1. The smallest absolute Gasteiger partial charge is 0.227 e. The number of benzene rings is 2. The first kappa shape index (κ1) is 19.8. The van der Waals surface area contributed by atoms with E-state index in [2.05, 4.69) is 31.7 Å². The fourth-order valence-electron chi connectivity index (χ4n) is 2.74. The molecule has 0 atom stereocenters. The highest BCUT2D eigenvalue weighted by atomic mass is 79.9. The van der Waals surface area contributed by atoms with Gasteiger partial charge in [-0.3, -0.25) is 9.59 Å². The number of amides is 2. The van der Waals surface area contributed by atoms with Crippen LogP contribution in [0.1, 0.15) is 17.5 Å². The number of nitrogens with one attached hydrogen (secondary N) is 2. The number of rotatable bonds is 8. The molecule has 144 valence electrons. The molecule has 2 aromatic carbocycles. The predicted molar refractivity (Wildman–Crippen MR) is 112 cm³/mol. The van der Waals surface area contributed by atoms with Crippen LogP contribution in [0.5, 0.6) is 0 Å². The van der Waals surface area contributed by atoms with Gasteiger partial charge in [-0.15, -0.1) is 0 Å². The molecule has 0 fully saturated rings. The lowest BCUT2D eigenvalue weighted by molar-refractivity contribution is -0.120. The Morgan fingerprint density at radius 3 is 2.54 bits per heavy atom. The van der Waals surface area contributed by atoms with Gasteiger partial charge in [-0.25, -0.2) is 4.68 Å². The molecular formula is C21H21BrN4O2. The number of carbonyl (C=O) groups is 2. The van der Waals surface area contributed by atoms with Gasteiger partial charge in [0.05, 0.1) is 19.2 Å². The van der Waals surface area contributed by atoms with Crippen molar-refractivity contribution >= 4 is 33.6 Å². The normalized spacial score (nSPS) is 10.5. The second-order valence-corrected chi connectivity index (χ2v) is 7.23. The van der Waals surface area contributed by atoms with E-state index in [1.807, 2.05) is 54.6 Å². The van der Waals surface area contributed by atoms with Crippen molar-refractivity contribution in [2.45, 2.75) is 19.4 Å². The highest BCUT2D eigenvalue weighted by Gasteiger charge is 2.09. The molecule has 0 saturated heterocycles. The van der Waals surface area contributed by atoms with Gasteiger partial charge in [0.2, 0.25) is 11.8 Å². The molecule has 0 bridgehead atoms. The molecule has 1 heterocycles. The number of carbonyl (C=O) groups excluding carboxylic acids is 2. The van der Waals surface area contributed by atoms with E-state index >= 15 is 0 Å². The maximum Gasteiger partial charge on any atom is 0.227 e. The average Bonchev–Trinajstić information content (AvgIpc) is 3.09.